The molecule has 7 heteroatoms. The van der Waals surface area contributed by atoms with Crippen LogP contribution in [0.1, 0.15) is 42.6 Å². The Balaban J connectivity index is 1.37. The van der Waals surface area contributed by atoms with Gasteiger partial charge in [-0.25, -0.2) is 22.7 Å². The van der Waals surface area contributed by atoms with Crippen LogP contribution in [0.15, 0.2) is 73.1 Å². The molecule has 0 spiro atoms. The van der Waals surface area contributed by atoms with E-state index in [0.29, 0.717) is 18.5 Å². The van der Waals surface area contributed by atoms with E-state index in [2.05, 4.69) is 21.3 Å². The maximum absolute atomic E-state index is 13.9. The van der Waals surface area contributed by atoms with Crippen LogP contribution in [0.2, 0.25) is 0 Å². The number of imidazole rings is 1. The van der Waals surface area contributed by atoms with Crippen molar-refractivity contribution in [3.8, 4) is 0 Å². The fraction of sp³-hybridized carbons (Fsp3) is 0.407. The minimum Gasteiger partial charge on any atom is -0.463 e. The van der Waals surface area contributed by atoms with Crippen molar-refractivity contribution < 1.29 is 28.0 Å². The summed E-state index contributed by atoms with van der Waals surface area (Å²) in [6.45, 7) is 3.52. The average molecular weight is 470 g/mol. The molecule has 1 fully saturated rings. The minimum absolute atomic E-state index is 0.0669. The van der Waals surface area contributed by atoms with Gasteiger partial charge in [0.2, 0.25) is 5.92 Å². The van der Waals surface area contributed by atoms with Gasteiger partial charge >= 0.3 is 5.97 Å². The molecule has 180 valence electrons. The molecule has 0 amide bonds. The molecule has 5 nitrogen and oxygen atoms in total. The molecule has 2 atom stereocenters. The van der Waals surface area contributed by atoms with E-state index in [1.165, 1.54) is 5.56 Å². The second-order valence-electron chi connectivity index (χ2n) is 9.07. The van der Waals surface area contributed by atoms with Crippen LogP contribution in [-0.4, -0.2) is 28.2 Å². The van der Waals surface area contributed by atoms with Crippen molar-refractivity contribution in [1.82, 2.24) is 4.57 Å². The predicted molar refractivity (Wildman–Crippen MR) is 123 cm³/mol. The quantitative estimate of drug-likeness (QED) is 0.287. The van der Waals surface area contributed by atoms with Crippen molar-refractivity contribution in [1.29, 1.82) is 0 Å². The molecule has 0 radical (unpaired) electrons. The van der Waals surface area contributed by atoms with E-state index in [1.807, 2.05) is 37.5 Å². The summed E-state index contributed by atoms with van der Waals surface area (Å²) in [7, 11) is 0. The molecule has 0 bridgehead atoms. The van der Waals surface area contributed by atoms with Crippen molar-refractivity contribution in [2.75, 3.05) is 6.61 Å². The molecule has 1 N–H and O–H groups in total. The van der Waals surface area contributed by atoms with Gasteiger partial charge in [-0.15, -0.1) is 0 Å². The molecule has 0 saturated heterocycles. The number of nitrogens with zero attached hydrogens (tertiary/aromatic N) is 2. The molecular formula is C27H31F2N2O3+. The van der Waals surface area contributed by atoms with E-state index in [-0.39, 0.29) is 19.4 Å². The Labute approximate surface area is 198 Å². The highest BCUT2D eigenvalue weighted by Crippen LogP contribution is 2.47. The van der Waals surface area contributed by atoms with E-state index in [4.69, 9.17) is 4.74 Å². The van der Waals surface area contributed by atoms with Crippen LogP contribution in [0, 0.1) is 12.8 Å². The summed E-state index contributed by atoms with van der Waals surface area (Å²) < 4.78 is 37.5. The number of alkyl halides is 2. The monoisotopic (exact) mass is 469 g/mol. The van der Waals surface area contributed by atoms with Gasteiger partial charge in [-0.1, -0.05) is 60.7 Å². The molecule has 1 aliphatic rings. The first-order chi connectivity index (χ1) is 16.3. The highest BCUT2D eigenvalue weighted by Gasteiger charge is 2.54. The average Bonchev–Trinajstić information content (AvgIpc) is 3.39. The first-order valence-corrected chi connectivity index (χ1v) is 11.7. The molecule has 1 heterocycles. The second-order valence-corrected chi connectivity index (χ2v) is 9.07. The van der Waals surface area contributed by atoms with Crippen molar-refractivity contribution in [3.05, 3.63) is 90.0 Å². The Kier molecular flexibility index (Phi) is 7.12. The number of halogens is 2. The van der Waals surface area contributed by atoms with Crippen LogP contribution >= 0.6 is 0 Å². The van der Waals surface area contributed by atoms with Crippen LogP contribution in [0.25, 0.3) is 0 Å². The Morgan fingerprint density at radius 3 is 2.50 bits per heavy atom. The number of hydrogen-bond acceptors (Lipinski definition) is 3. The number of aryl methyl sites for hydroxylation is 1. The molecule has 4 rings (SSSR count). The third-order valence-corrected chi connectivity index (χ3v) is 6.75. The first kappa shape index (κ1) is 24.1. The number of rotatable bonds is 9. The molecule has 1 saturated carbocycles. The van der Waals surface area contributed by atoms with Crippen molar-refractivity contribution in [3.63, 3.8) is 0 Å². The lowest BCUT2D eigenvalue weighted by Gasteiger charge is -2.32. The zero-order valence-electron chi connectivity index (χ0n) is 19.4. The van der Waals surface area contributed by atoms with Crippen LogP contribution < -0.4 is 4.57 Å². The van der Waals surface area contributed by atoms with Gasteiger partial charge in [-0.05, 0) is 17.5 Å². The number of hydrogen-bond donors (Lipinski definition) is 1. The van der Waals surface area contributed by atoms with E-state index >= 15 is 0 Å². The van der Waals surface area contributed by atoms with E-state index in [1.54, 1.807) is 30.3 Å². The van der Waals surface area contributed by atoms with Crippen LogP contribution in [0.3, 0.4) is 0 Å². The number of aliphatic hydroxyl groups is 1. The van der Waals surface area contributed by atoms with Gasteiger partial charge in [0, 0.05) is 32.1 Å². The highest BCUT2D eigenvalue weighted by molar-refractivity contribution is 5.81. The maximum atomic E-state index is 13.9. The van der Waals surface area contributed by atoms with Gasteiger partial charge in [0.25, 0.3) is 5.82 Å². The van der Waals surface area contributed by atoms with Gasteiger partial charge < -0.3 is 9.84 Å². The number of benzene rings is 2. The summed E-state index contributed by atoms with van der Waals surface area (Å²) >= 11 is 0. The lowest BCUT2D eigenvalue weighted by atomic mass is 9.80. The zero-order valence-corrected chi connectivity index (χ0v) is 19.4. The minimum atomic E-state index is -2.88. The lowest BCUT2D eigenvalue weighted by Crippen LogP contribution is -2.44. The fourth-order valence-electron chi connectivity index (χ4n) is 4.75. The number of carbonyl (C=O) groups excluding carboxylic acids is 1. The van der Waals surface area contributed by atoms with Gasteiger partial charge in [-0.2, -0.15) is 0 Å². The topological polar surface area (TPSA) is 55.3 Å². The summed E-state index contributed by atoms with van der Waals surface area (Å²) in [6, 6.07) is 18.5. The highest BCUT2D eigenvalue weighted by atomic mass is 19.3. The summed E-state index contributed by atoms with van der Waals surface area (Å²) in [4.78, 5) is 13.0. The lowest BCUT2D eigenvalue weighted by molar-refractivity contribution is -0.694. The third-order valence-electron chi connectivity index (χ3n) is 6.75. The Morgan fingerprint density at radius 1 is 1.18 bits per heavy atom. The van der Waals surface area contributed by atoms with Gasteiger partial charge in [0.15, 0.2) is 5.60 Å². The van der Waals surface area contributed by atoms with Crippen LogP contribution in [0.4, 0.5) is 8.78 Å². The molecule has 34 heavy (non-hydrogen) atoms. The Bertz CT molecular complexity index is 1100. The van der Waals surface area contributed by atoms with Gasteiger partial charge in [0.05, 0.1) is 13.2 Å². The number of carbonyl (C=O) groups is 1. The normalized spacial score (nSPS) is 19.0. The second kappa shape index (κ2) is 10.1. The molecule has 1 aliphatic carbocycles. The van der Waals surface area contributed by atoms with Crippen molar-refractivity contribution in [2.45, 2.75) is 57.2 Å². The first-order valence-electron chi connectivity index (χ1n) is 11.7. The van der Waals surface area contributed by atoms with Crippen molar-refractivity contribution in [2.24, 2.45) is 5.92 Å². The summed E-state index contributed by atoms with van der Waals surface area (Å²) in [5.41, 5.74) is -0.575. The van der Waals surface area contributed by atoms with Crippen molar-refractivity contribution >= 4 is 5.97 Å². The standard InChI is InChI=1S/C27H31F2N2O3/c1-21-30(16-17-31(21)20-22-9-4-2-5-10-22)15-8-18-34-25(32)27(33,23-11-6-3-7-12-23)24-13-14-26(28,29)19-24/h2-7,9-12,16-17,24,33H,8,13-15,18-20H2,1H3/q+1. The third kappa shape index (κ3) is 5.20. The zero-order chi connectivity index (χ0) is 24.2. The number of ether oxygens (including phenoxy) is 1. The Morgan fingerprint density at radius 2 is 1.85 bits per heavy atom. The SMILES string of the molecule is Cc1n(CCCOC(=O)C(O)(c2ccccc2)C2CCC(F)(F)C2)cc[n+]1Cc1ccccc1. The molecule has 3 aromatic rings. The van der Waals surface area contributed by atoms with E-state index in [9.17, 15) is 18.7 Å². The van der Waals surface area contributed by atoms with Gasteiger partial charge in [-0.3, -0.25) is 0 Å². The summed E-state index contributed by atoms with van der Waals surface area (Å²) in [5, 5.41) is 11.4. The molecule has 2 unspecified atom stereocenters. The maximum Gasteiger partial charge on any atom is 0.343 e. The molecular weight excluding hydrogens is 438 g/mol. The molecule has 1 aromatic heterocycles. The largest absolute Gasteiger partial charge is 0.463 e. The summed E-state index contributed by atoms with van der Waals surface area (Å²) in [6.07, 6.45) is 3.74. The van der Waals surface area contributed by atoms with Gasteiger partial charge in [0.1, 0.15) is 18.9 Å². The number of aromatic nitrogens is 2. The predicted octanol–water partition coefficient (Wildman–Crippen LogP) is 4.39. The summed E-state index contributed by atoms with van der Waals surface area (Å²) in [5.74, 6) is -3.55. The molecule has 0 aliphatic heterocycles. The van der Waals surface area contributed by atoms with E-state index in [0.717, 1.165) is 12.4 Å². The smallest absolute Gasteiger partial charge is 0.343 e. The number of esters is 1. The Hall–Kier alpha value is -3.06. The fourth-order valence-corrected chi connectivity index (χ4v) is 4.75. The van der Waals surface area contributed by atoms with Crippen LogP contribution in [0.5, 0.6) is 0 Å². The molecule has 2 aromatic carbocycles. The van der Waals surface area contributed by atoms with Crippen LogP contribution in [-0.2, 0) is 28.2 Å². The van der Waals surface area contributed by atoms with E-state index < -0.39 is 29.8 Å².